The van der Waals surface area contributed by atoms with E-state index in [0.29, 0.717) is 0 Å². The first-order chi connectivity index (χ1) is 10.4. The summed E-state index contributed by atoms with van der Waals surface area (Å²) < 4.78 is 0. The molecule has 0 saturated carbocycles. The Kier molecular flexibility index (Phi) is 4.96. The summed E-state index contributed by atoms with van der Waals surface area (Å²) in [5, 5.41) is 29.3. The molecule has 2 aromatic rings. The largest absolute Gasteiger partial charge is 0.386 e. The number of benzene rings is 1. The SMILES string of the molecule is O=C(NCC(O)c1c(Cl)cccc1Cl)c1[nH]ncc1[N+](=O)[O-]. The van der Waals surface area contributed by atoms with Crippen molar-refractivity contribution in [2.45, 2.75) is 6.10 Å². The van der Waals surface area contributed by atoms with Gasteiger partial charge in [-0.2, -0.15) is 5.10 Å². The molecule has 0 spiro atoms. The first-order valence-corrected chi connectivity index (χ1v) is 6.75. The van der Waals surface area contributed by atoms with Crippen LogP contribution in [0, 0.1) is 10.1 Å². The van der Waals surface area contributed by atoms with E-state index in [9.17, 15) is 20.0 Å². The van der Waals surface area contributed by atoms with Gasteiger partial charge in [-0.3, -0.25) is 20.0 Å². The number of aromatic nitrogens is 2. The number of nitro groups is 1. The molecule has 8 nitrogen and oxygen atoms in total. The number of aliphatic hydroxyl groups excluding tert-OH is 1. The average Bonchev–Trinajstić information content (AvgIpc) is 2.94. The van der Waals surface area contributed by atoms with Crippen LogP contribution in [0.1, 0.15) is 22.2 Å². The summed E-state index contributed by atoms with van der Waals surface area (Å²) in [4.78, 5) is 21.9. The zero-order chi connectivity index (χ0) is 16.3. The average molecular weight is 345 g/mol. The number of nitrogens with zero attached hydrogens (tertiary/aromatic N) is 2. The van der Waals surface area contributed by atoms with Gasteiger partial charge < -0.3 is 10.4 Å². The summed E-state index contributed by atoms with van der Waals surface area (Å²) in [6.45, 7) is -0.224. The number of halogens is 2. The summed E-state index contributed by atoms with van der Waals surface area (Å²) in [5.41, 5.74) is -0.490. The molecule has 0 bridgehead atoms. The third-order valence-corrected chi connectivity index (χ3v) is 3.49. The summed E-state index contributed by atoms with van der Waals surface area (Å²) in [6, 6.07) is 4.72. The highest BCUT2D eigenvalue weighted by molar-refractivity contribution is 6.36. The molecular weight excluding hydrogens is 335 g/mol. The standard InChI is InChI=1S/C12H10Cl2N4O4/c13-6-2-1-3-7(14)10(6)9(19)5-15-12(20)11-8(18(21)22)4-16-17-11/h1-4,9,19H,5H2,(H,15,20)(H,16,17). The van der Waals surface area contributed by atoms with E-state index in [-0.39, 0.29) is 27.8 Å². The van der Waals surface area contributed by atoms with E-state index in [4.69, 9.17) is 23.2 Å². The number of hydrogen-bond acceptors (Lipinski definition) is 5. The highest BCUT2D eigenvalue weighted by atomic mass is 35.5. The fourth-order valence-electron chi connectivity index (χ4n) is 1.79. The second-order valence-corrected chi connectivity index (χ2v) is 5.06. The maximum atomic E-state index is 11.9. The second kappa shape index (κ2) is 6.73. The number of hydrogen-bond donors (Lipinski definition) is 3. The normalized spacial score (nSPS) is 12.0. The van der Waals surface area contributed by atoms with Crippen LogP contribution in [0.3, 0.4) is 0 Å². The second-order valence-electron chi connectivity index (χ2n) is 4.25. The number of carbonyl (C=O) groups is 1. The van der Waals surface area contributed by atoms with Gasteiger partial charge in [0.1, 0.15) is 6.20 Å². The molecule has 1 heterocycles. The van der Waals surface area contributed by atoms with Crippen LogP contribution >= 0.6 is 23.2 Å². The maximum Gasteiger partial charge on any atom is 0.319 e. The molecule has 1 aromatic carbocycles. The van der Waals surface area contributed by atoms with E-state index in [1.165, 1.54) is 0 Å². The van der Waals surface area contributed by atoms with Crippen molar-refractivity contribution in [3.63, 3.8) is 0 Å². The van der Waals surface area contributed by atoms with Gasteiger partial charge in [-0.05, 0) is 12.1 Å². The minimum Gasteiger partial charge on any atom is -0.386 e. The van der Waals surface area contributed by atoms with Gasteiger partial charge >= 0.3 is 5.69 Å². The Hall–Kier alpha value is -2.16. The van der Waals surface area contributed by atoms with Crippen molar-refractivity contribution in [3.8, 4) is 0 Å². The van der Waals surface area contributed by atoms with E-state index in [1.807, 2.05) is 0 Å². The number of amides is 1. The van der Waals surface area contributed by atoms with Crippen LogP contribution in [0.15, 0.2) is 24.4 Å². The number of aromatic amines is 1. The van der Waals surface area contributed by atoms with Gasteiger partial charge in [0.05, 0.1) is 11.0 Å². The molecule has 2 rings (SSSR count). The van der Waals surface area contributed by atoms with Crippen molar-refractivity contribution in [1.82, 2.24) is 15.5 Å². The first-order valence-electron chi connectivity index (χ1n) is 5.99. The van der Waals surface area contributed by atoms with E-state index < -0.39 is 22.6 Å². The Morgan fingerprint density at radius 1 is 1.45 bits per heavy atom. The van der Waals surface area contributed by atoms with Crippen molar-refractivity contribution in [2.24, 2.45) is 0 Å². The van der Waals surface area contributed by atoms with Gasteiger partial charge in [-0.1, -0.05) is 29.3 Å². The van der Waals surface area contributed by atoms with Gasteiger partial charge in [0.25, 0.3) is 5.91 Å². The van der Waals surface area contributed by atoms with Crippen molar-refractivity contribution >= 4 is 34.8 Å². The molecule has 3 N–H and O–H groups in total. The predicted octanol–water partition coefficient (Wildman–Crippen LogP) is 2.09. The molecule has 0 aliphatic carbocycles. The van der Waals surface area contributed by atoms with Crippen LogP contribution in [0.5, 0.6) is 0 Å². The van der Waals surface area contributed by atoms with E-state index >= 15 is 0 Å². The molecule has 10 heteroatoms. The first kappa shape index (κ1) is 16.2. The monoisotopic (exact) mass is 344 g/mol. The number of carbonyl (C=O) groups excluding carboxylic acids is 1. The van der Waals surface area contributed by atoms with E-state index in [1.54, 1.807) is 18.2 Å². The lowest BCUT2D eigenvalue weighted by Gasteiger charge is -2.14. The zero-order valence-electron chi connectivity index (χ0n) is 10.9. The highest BCUT2D eigenvalue weighted by Gasteiger charge is 2.24. The summed E-state index contributed by atoms with van der Waals surface area (Å²) in [5.74, 6) is -0.772. The van der Waals surface area contributed by atoms with Gasteiger partial charge in [0.15, 0.2) is 0 Å². The minimum atomic E-state index is -1.16. The van der Waals surface area contributed by atoms with Crippen molar-refractivity contribution < 1.29 is 14.8 Å². The van der Waals surface area contributed by atoms with Crippen LogP contribution < -0.4 is 5.32 Å². The molecule has 116 valence electrons. The predicted molar refractivity (Wildman–Crippen MR) is 79.0 cm³/mol. The maximum absolute atomic E-state index is 11.9. The van der Waals surface area contributed by atoms with Gasteiger partial charge in [-0.25, -0.2) is 0 Å². The Morgan fingerprint density at radius 3 is 2.68 bits per heavy atom. The van der Waals surface area contributed by atoms with Crippen LogP contribution in [0.25, 0.3) is 0 Å². The molecule has 0 saturated heterocycles. The molecular formula is C12H10Cl2N4O4. The fraction of sp³-hybridized carbons (Fsp3) is 0.167. The summed E-state index contributed by atoms with van der Waals surface area (Å²) >= 11 is 11.9. The van der Waals surface area contributed by atoms with Crippen molar-refractivity contribution in [3.05, 3.63) is 55.8 Å². The lowest BCUT2D eigenvalue weighted by molar-refractivity contribution is -0.385. The zero-order valence-corrected chi connectivity index (χ0v) is 12.4. The van der Waals surface area contributed by atoms with Crippen LogP contribution in [0.4, 0.5) is 5.69 Å². The number of H-pyrrole nitrogens is 1. The molecule has 1 atom stereocenters. The Morgan fingerprint density at radius 2 is 2.09 bits per heavy atom. The van der Waals surface area contributed by atoms with Crippen LogP contribution in [-0.2, 0) is 0 Å². The van der Waals surface area contributed by atoms with Gasteiger partial charge in [0.2, 0.25) is 5.69 Å². The molecule has 1 amide bonds. The Bertz CT molecular complexity index is 699. The molecule has 0 aliphatic heterocycles. The summed E-state index contributed by atoms with van der Waals surface area (Å²) in [7, 11) is 0. The summed E-state index contributed by atoms with van der Waals surface area (Å²) in [6.07, 6.45) is -0.233. The number of nitrogens with one attached hydrogen (secondary N) is 2. The fourth-order valence-corrected chi connectivity index (χ4v) is 2.44. The van der Waals surface area contributed by atoms with Crippen LogP contribution in [-0.4, -0.2) is 32.7 Å². The quantitative estimate of drug-likeness (QED) is 0.566. The molecule has 1 unspecified atom stereocenters. The molecule has 0 fully saturated rings. The Balaban J connectivity index is 2.08. The minimum absolute atomic E-state index is 0.224. The third-order valence-electron chi connectivity index (χ3n) is 2.83. The number of rotatable bonds is 5. The molecule has 0 radical (unpaired) electrons. The molecule has 0 aliphatic rings. The molecule has 1 aromatic heterocycles. The van der Waals surface area contributed by atoms with E-state index in [2.05, 4.69) is 15.5 Å². The van der Waals surface area contributed by atoms with E-state index in [0.717, 1.165) is 6.20 Å². The highest BCUT2D eigenvalue weighted by Crippen LogP contribution is 2.29. The lowest BCUT2D eigenvalue weighted by Crippen LogP contribution is -2.29. The smallest absolute Gasteiger partial charge is 0.319 e. The van der Waals surface area contributed by atoms with Crippen molar-refractivity contribution in [2.75, 3.05) is 6.54 Å². The van der Waals surface area contributed by atoms with Gasteiger partial charge in [-0.15, -0.1) is 0 Å². The topological polar surface area (TPSA) is 121 Å². The van der Waals surface area contributed by atoms with Crippen LogP contribution in [0.2, 0.25) is 10.0 Å². The lowest BCUT2D eigenvalue weighted by atomic mass is 10.1. The molecule has 22 heavy (non-hydrogen) atoms. The number of aliphatic hydroxyl groups is 1. The van der Waals surface area contributed by atoms with Crippen molar-refractivity contribution in [1.29, 1.82) is 0 Å². The van der Waals surface area contributed by atoms with Gasteiger partial charge in [0, 0.05) is 22.2 Å². The third kappa shape index (κ3) is 3.35. The Labute approximate surface area is 134 Å².